The van der Waals surface area contributed by atoms with Crippen LogP contribution >= 0.6 is 23.4 Å². The molecule has 1 unspecified atom stereocenters. The molecule has 1 heterocycles. The lowest BCUT2D eigenvalue weighted by Gasteiger charge is -2.11. The summed E-state index contributed by atoms with van der Waals surface area (Å²) >= 11 is 7.29. The Morgan fingerprint density at radius 3 is 2.92 bits per heavy atom. The number of amidine groups is 1. The molecule has 2 fully saturated rings. The number of hydrogen-bond acceptors (Lipinski definition) is 5. The molecule has 3 rings (SSSR count). The number of nitrogens with zero attached hydrogens (tertiary/aromatic N) is 1. The van der Waals surface area contributed by atoms with E-state index in [1.165, 1.54) is 31.7 Å². The number of carbonyl (C=O) groups excluding carboxylic acids is 2. The number of hydrogen-bond donors (Lipinski definition) is 2. The van der Waals surface area contributed by atoms with Crippen molar-refractivity contribution in [1.82, 2.24) is 5.32 Å². The highest BCUT2D eigenvalue weighted by molar-refractivity contribution is 8.15. The number of carbonyl (C=O) groups is 2. The van der Waals surface area contributed by atoms with Gasteiger partial charge in [-0.05, 0) is 31.0 Å². The number of aliphatic imine (C=N–C) groups is 1. The van der Waals surface area contributed by atoms with E-state index in [1.807, 2.05) is 0 Å². The monoisotopic (exact) mass is 381 g/mol. The molecule has 1 atom stereocenters. The number of benzene rings is 1. The molecule has 8 heteroatoms. The van der Waals surface area contributed by atoms with Crippen molar-refractivity contribution in [3.8, 4) is 5.75 Å². The fourth-order valence-electron chi connectivity index (χ4n) is 2.95. The molecule has 1 aromatic carbocycles. The van der Waals surface area contributed by atoms with E-state index in [1.54, 1.807) is 18.2 Å². The molecule has 2 amide bonds. The Kier molecular flexibility index (Phi) is 5.86. The van der Waals surface area contributed by atoms with Crippen molar-refractivity contribution in [2.45, 2.75) is 43.4 Å². The molecule has 2 aliphatic rings. The van der Waals surface area contributed by atoms with Gasteiger partial charge in [0.2, 0.25) is 11.8 Å². The van der Waals surface area contributed by atoms with E-state index in [9.17, 15) is 9.59 Å². The highest BCUT2D eigenvalue weighted by Crippen LogP contribution is 2.30. The van der Waals surface area contributed by atoms with Gasteiger partial charge in [0.05, 0.1) is 18.8 Å². The molecular weight excluding hydrogens is 362 g/mol. The van der Waals surface area contributed by atoms with Crippen molar-refractivity contribution in [2.24, 2.45) is 4.99 Å². The van der Waals surface area contributed by atoms with Gasteiger partial charge < -0.3 is 15.4 Å². The number of anilines is 1. The second-order valence-electron chi connectivity index (χ2n) is 6.07. The summed E-state index contributed by atoms with van der Waals surface area (Å²) in [6.07, 6.45) is 4.58. The van der Waals surface area contributed by atoms with E-state index in [2.05, 4.69) is 15.6 Å². The van der Waals surface area contributed by atoms with Crippen molar-refractivity contribution in [2.75, 3.05) is 12.4 Å². The van der Waals surface area contributed by atoms with E-state index in [4.69, 9.17) is 16.3 Å². The minimum atomic E-state index is -0.467. The van der Waals surface area contributed by atoms with Gasteiger partial charge in [-0.15, -0.1) is 0 Å². The Labute approximate surface area is 155 Å². The predicted molar refractivity (Wildman–Crippen MR) is 100 cm³/mol. The highest BCUT2D eigenvalue weighted by atomic mass is 35.5. The maximum absolute atomic E-state index is 12.3. The van der Waals surface area contributed by atoms with Crippen molar-refractivity contribution >= 4 is 46.0 Å². The fraction of sp³-hybridized carbons (Fsp3) is 0.471. The number of methoxy groups -OCH3 is 1. The largest absolute Gasteiger partial charge is 0.495 e. The van der Waals surface area contributed by atoms with E-state index in [-0.39, 0.29) is 18.2 Å². The Hall–Kier alpha value is -1.73. The summed E-state index contributed by atoms with van der Waals surface area (Å²) in [6.45, 7) is 0. The third kappa shape index (κ3) is 4.67. The van der Waals surface area contributed by atoms with Crippen LogP contribution in [0.4, 0.5) is 5.69 Å². The molecule has 1 aliphatic carbocycles. The zero-order chi connectivity index (χ0) is 17.8. The van der Waals surface area contributed by atoms with Crippen LogP contribution in [-0.4, -0.2) is 35.4 Å². The fourth-order valence-corrected chi connectivity index (χ4v) is 4.16. The van der Waals surface area contributed by atoms with Gasteiger partial charge in [0, 0.05) is 11.4 Å². The lowest BCUT2D eigenvalue weighted by molar-refractivity contribution is -0.122. The van der Waals surface area contributed by atoms with E-state index in [0.717, 1.165) is 12.8 Å². The van der Waals surface area contributed by atoms with Crippen LogP contribution in [-0.2, 0) is 9.59 Å². The van der Waals surface area contributed by atoms with Crippen molar-refractivity contribution in [1.29, 1.82) is 0 Å². The molecule has 0 bridgehead atoms. The molecule has 1 saturated carbocycles. The first-order chi connectivity index (χ1) is 12.0. The van der Waals surface area contributed by atoms with Crippen LogP contribution in [0.3, 0.4) is 0 Å². The molecule has 1 aromatic rings. The maximum Gasteiger partial charge on any atom is 0.240 e. The maximum atomic E-state index is 12.3. The summed E-state index contributed by atoms with van der Waals surface area (Å²) in [5, 5.41) is 6.20. The highest BCUT2D eigenvalue weighted by Gasteiger charge is 2.33. The molecule has 2 N–H and O–H groups in total. The van der Waals surface area contributed by atoms with Crippen LogP contribution in [0.15, 0.2) is 23.2 Å². The van der Waals surface area contributed by atoms with Gasteiger partial charge in [0.15, 0.2) is 5.17 Å². The predicted octanol–water partition coefficient (Wildman–Crippen LogP) is 3.21. The molecule has 1 aliphatic heterocycles. The van der Waals surface area contributed by atoms with E-state index >= 15 is 0 Å². The molecule has 25 heavy (non-hydrogen) atoms. The molecule has 0 spiro atoms. The summed E-state index contributed by atoms with van der Waals surface area (Å²) in [4.78, 5) is 29.0. The number of rotatable bonds is 5. The van der Waals surface area contributed by atoms with E-state index < -0.39 is 5.25 Å². The quantitative estimate of drug-likeness (QED) is 0.820. The first kappa shape index (κ1) is 18.1. The zero-order valence-electron chi connectivity index (χ0n) is 13.9. The van der Waals surface area contributed by atoms with Gasteiger partial charge in [-0.2, -0.15) is 0 Å². The van der Waals surface area contributed by atoms with Crippen molar-refractivity contribution < 1.29 is 14.3 Å². The van der Waals surface area contributed by atoms with Gasteiger partial charge in [-0.25, -0.2) is 0 Å². The van der Waals surface area contributed by atoms with Gasteiger partial charge >= 0.3 is 0 Å². The average Bonchev–Trinajstić information content (AvgIpc) is 3.18. The smallest absolute Gasteiger partial charge is 0.240 e. The lowest BCUT2D eigenvalue weighted by Crippen LogP contribution is -2.28. The van der Waals surface area contributed by atoms with Gasteiger partial charge in [0.25, 0.3) is 0 Å². The van der Waals surface area contributed by atoms with Gasteiger partial charge in [-0.3, -0.25) is 14.6 Å². The summed E-state index contributed by atoms with van der Waals surface area (Å²) in [7, 11) is 1.52. The van der Waals surface area contributed by atoms with Crippen molar-refractivity contribution in [3.05, 3.63) is 23.2 Å². The zero-order valence-corrected chi connectivity index (χ0v) is 15.5. The SMILES string of the molecule is COc1ccc(Cl)cc1NC(=O)CC1SC(=NC2CCCC2)NC1=O. The molecule has 0 aromatic heterocycles. The van der Waals surface area contributed by atoms with Crippen LogP contribution in [0, 0.1) is 0 Å². The number of amides is 2. The Balaban J connectivity index is 1.59. The number of thioether (sulfide) groups is 1. The van der Waals surface area contributed by atoms with Gasteiger partial charge in [0.1, 0.15) is 11.0 Å². The molecular formula is C17H20ClN3O3S. The number of nitrogens with one attached hydrogen (secondary N) is 2. The normalized spacial score (nSPS) is 22.2. The summed E-state index contributed by atoms with van der Waals surface area (Å²) in [6, 6.07) is 5.28. The Bertz CT molecular complexity index is 704. The molecule has 1 saturated heterocycles. The Morgan fingerprint density at radius 2 is 2.20 bits per heavy atom. The van der Waals surface area contributed by atoms with Crippen molar-refractivity contribution in [3.63, 3.8) is 0 Å². The lowest BCUT2D eigenvalue weighted by atomic mass is 10.2. The summed E-state index contributed by atoms with van der Waals surface area (Å²) < 4.78 is 5.21. The number of ether oxygens (including phenoxy) is 1. The molecule has 6 nitrogen and oxygen atoms in total. The third-order valence-corrected chi connectivity index (χ3v) is 5.54. The standard InChI is InChI=1S/C17H20ClN3O3S/c1-24-13-7-6-10(18)8-12(13)20-15(22)9-14-16(23)21-17(25-14)19-11-4-2-3-5-11/h6-8,11,14H,2-5,9H2,1H3,(H,20,22)(H,19,21,23). The summed E-state index contributed by atoms with van der Waals surface area (Å²) in [5.74, 6) is 0.0788. The summed E-state index contributed by atoms with van der Waals surface area (Å²) in [5.41, 5.74) is 0.489. The second-order valence-corrected chi connectivity index (χ2v) is 7.69. The second kappa shape index (κ2) is 8.10. The minimum Gasteiger partial charge on any atom is -0.495 e. The van der Waals surface area contributed by atoms with Crippen LogP contribution in [0.2, 0.25) is 5.02 Å². The van der Waals surface area contributed by atoms with E-state index in [0.29, 0.717) is 27.7 Å². The number of halogens is 1. The molecule has 0 radical (unpaired) electrons. The van der Waals surface area contributed by atoms with Gasteiger partial charge in [-0.1, -0.05) is 36.2 Å². The van der Waals surface area contributed by atoms with Crippen LogP contribution < -0.4 is 15.4 Å². The third-order valence-electron chi connectivity index (χ3n) is 4.21. The Morgan fingerprint density at radius 1 is 1.44 bits per heavy atom. The first-order valence-electron chi connectivity index (χ1n) is 8.24. The molecule has 134 valence electrons. The van der Waals surface area contributed by atoms with Crippen LogP contribution in [0.5, 0.6) is 5.75 Å². The van der Waals surface area contributed by atoms with Crippen LogP contribution in [0.1, 0.15) is 32.1 Å². The minimum absolute atomic E-state index is 0.0653. The first-order valence-corrected chi connectivity index (χ1v) is 9.49. The van der Waals surface area contributed by atoms with Crippen LogP contribution in [0.25, 0.3) is 0 Å². The topological polar surface area (TPSA) is 79.8 Å². The average molecular weight is 382 g/mol.